The smallest absolute Gasteiger partial charge is 0.160 e. The van der Waals surface area contributed by atoms with E-state index < -0.39 is 0 Å². The normalized spacial score (nSPS) is 12.1. The molecule has 0 aliphatic rings. The zero-order valence-electron chi connectivity index (χ0n) is 34.2. The van der Waals surface area contributed by atoms with E-state index in [1.165, 1.54) is 0 Å². The quantitative estimate of drug-likeness (QED) is 0.174. The number of aromatic nitrogens is 2. The van der Waals surface area contributed by atoms with Crippen LogP contribution in [0, 0.1) is 0 Å². The first-order valence-corrected chi connectivity index (χ1v) is 21.6. The van der Waals surface area contributed by atoms with Crippen molar-refractivity contribution in [2.24, 2.45) is 0 Å². The molecule has 0 bridgehead atoms. The molecular weight excluding hydrogens is 785 g/mol. The molecule has 0 saturated carbocycles. The molecule has 14 rings (SSSR count). The summed E-state index contributed by atoms with van der Waals surface area (Å²) in [5, 5.41) is 8.62. The Bertz CT molecular complexity index is 4130. The van der Waals surface area contributed by atoms with Crippen LogP contribution in [0.5, 0.6) is 0 Å². The van der Waals surface area contributed by atoms with Crippen molar-refractivity contribution in [3.8, 4) is 50.2 Å². The molecule has 14 aromatic rings. The van der Waals surface area contributed by atoms with Crippen molar-refractivity contribution in [2.75, 3.05) is 0 Å². The largest absolute Gasteiger partial charge is 0.456 e. The first-order valence-electron chi connectivity index (χ1n) is 21.6. The number of hydrogen-bond acceptors (Lipinski definition) is 4. The maximum absolute atomic E-state index is 7.51. The van der Waals surface area contributed by atoms with Crippen LogP contribution in [-0.2, 0) is 0 Å². The number of pyridine rings is 1. The monoisotopic (exact) mass is 818 g/mol. The molecule has 0 aliphatic heterocycles. The number of fused-ring (bicyclic) bond motifs is 13. The second kappa shape index (κ2) is 13.4. The molecule has 0 atom stereocenters. The SMILES string of the molecule is c1ccc(-c2cncc(-c3ccccc3)c2-c2ccc(-c3ccc4oc5ccccc5c4c3)c3oc4c(-n5c6ccccc6c6ccc7c8ccccc8oc7c65)cccc4c23)cc1. The summed E-state index contributed by atoms with van der Waals surface area (Å²) in [6.45, 7) is 0. The van der Waals surface area contributed by atoms with Gasteiger partial charge < -0.3 is 17.8 Å². The molecule has 64 heavy (non-hydrogen) atoms. The standard InChI is InChI=1S/C59H34N2O3/c1-3-14-35(15-4-1)47-33-60-34-48(36-16-5-2-6-17-36)54(47)44-30-27-38(37-26-31-53-46(32-37)41-20-9-11-24-51(41)62-53)58-55(44)45-21-13-23-50(57(45)64-58)61-49-22-10-7-18-39(49)42-28-29-43-40-19-8-12-25-52(40)63-59(43)56(42)61/h1-34H. The third-order valence-electron chi connectivity index (χ3n) is 13.1. The second-order valence-corrected chi connectivity index (χ2v) is 16.6. The minimum absolute atomic E-state index is 0.786. The Balaban J connectivity index is 1.13. The maximum Gasteiger partial charge on any atom is 0.160 e. The summed E-state index contributed by atoms with van der Waals surface area (Å²) in [5.41, 5.74) is 16.5. The van der Waals surface area contributed by atoms with Crippen molar-refractivity contribution in [1.29, 1.82) is 0 Å². The lowest BCUT2D eigenvalue weighted by atomic mass is 9.86. The summed E-state index contributed by atoms with van der Waals surface area (Å²) >= 11 is 0. The molecule has 5 nitrogen and oxygen atoms in total. The minimum Gasteiger partial charge on any atom is -0.456 e. The Morgan fingerprint density at radius 3 is 1.72 bits per heavy atom. The van der Waals surface area contributed by atoms with Gasteiger partial charge in [-0.25, -0.2) is 0 Å². The van der Waals surface area contributed by atoms with Crippen molar-refractivity contribution in [3.63, 3.8) is 0 Å². The van der Waals surface area contributed by atoms with E-state index in [9.17, 15) is 0 Å². The van der Waals surface area contributed by atoms with Gasteiger partial charge in [-0.3, -0.25) is 4.98 Å². The molecular formula is C59H34N2O3. The van der Waals surface area contributed by atoms with Crippen LogP contribution in [0.4, 0.5) is 0 Å². The van der Waals surface area contributed by atoms with Crippen LogP contribution in [0.1, 0.15) is 0 Å². The maximum atomic E-state index is 7.51. The zero-order chi connectivity index (χ0) is 41.9. The van der Waals surface area contributed by atoms with E-state index in [1.54, 1.807) is 0 Å². The molecule has 9 aromatic carbocycles. The summed E-state index contributed by atoms with van der Waals surface area (Å²) < 4.78 is 22.9. The van der Waals surface area contributed by atoms with E-state index in [0.29, 0.717) is 0 Å². The number of para-hydroxylation sites is 4. The fourth-order valence-electron chi connectivity index (χ4n) is 10.3. The van der Waals surface area contributed by atoms with Crippen LogP contribution < -0.4 is 0 Å². The third kappa shape index (κ3) is 4.98. The van der Waals surface area contributed by atoms with Gasteiger partial charge >= 0.3 is 0 Å². The third-order valence-corrected chi connectivity index (χ3v) is 13.1. The van der Waals surface area contributed by atoms with E-state index >= 15 is 0 Å². The van der Waals surface area contributed by atoms with Gasteiger partial charge in [-0.2, -0.15) is 0 Å². The molecule has 0 aliphatic carbocycles. The van der Waals surface area contributed by atoms with Crippen LogP contribution >= 0.6 is 0 Å². The van der Waals surface area contributed by atoms with E-state index in [-0.39, 0.29) is 0 Å². The molecule has 0 N–H and O–H groups in total. The van der Waals surface area contributed by atoms with E-state index in [0.717, 1.165) is 138 Å². The Kier molecular flexibility index (Phi) is 7.33. The number of benzene rings is 9. The number of hydrogen-bond donors (Lipinski definition) is 0. The number of rotatable bonds is 5. The van der Waals surface area contributed by atoms with Gasteiger partial charge in [0, 0.05) is 77.7 Å². The summed E-state index contributed by atoms with van der Waals surface area (Å²) in [6.07, 6.45) is 4.00. The molecule has 298 valence electrons. The predicted molar refractivity (Wildman–Crippen MR) is 262 cm³/mol. The summed E-state index contributed by atoms with van der Waals surface area (Å²) in [6, 6.07) is 68.3. The molecule has 0 spiro atoms. The predicted octanol–water partition coefficient (Wildman–Crippen LogP) is 16.5. The van der Waals surface area contributed by atoms with Gasteiger partial charge in [0.15, 0.2) is 11.2 Å². The summed E-state index contributed by atoms with van der Waals surface area (Å²) in [5.74, 6) is 0. The number of furan rings is 3. The van der Waals surface area contributed by atoms with Crippen molar-refractivity contribution in [2.45, 2.75) is 0 Å². The van der Waals surface area contributed by atoms with Crippen LogP contribution in [0.15, 0.2) is 220 Å². The van der Waals surface area contributed by atoms with Crippen molar-refractivity contribution in [1.82, 2.24) is 9.55 Å². The topological polar surface area (TPSA) is 57.2 Å². The Morgan fingerprint density at radius 1 is 0.344 bits per heavy atom. The molecule has 0 unspecified atom stereocenters. The Hall–Kier alpha value is -8.67. The highest BCUT2D eigenvalue weighted by Crippen LogP contribution is 2.50. The van der Waals surface area contributed by atoms with Gasteiger partial charge in [0.2, 0.25) is 0 Å². The fraction of sp³-hybridized carbons (Fsp3) is 0. The van der Waals surface area contributed by atoms with Crippen molar-refractivity contribution >= 4 is 87.6 Å². The highest BCUT2D eigenvalue weighted by atomic mass is 16.3. The van der Waals surface area contributed by atoms with Crippen LogP contribution in [0.3, 0.4) is 0 Å². The van der Waals surface area contributed by atoms with Gasteiger partial charge in [0.25, 0.3) is 0 Å². The van der Waals surface area contributed by atoms with Gasteiger partial charge in [0.05, 0.1) is 16.7 Å². The Morgan fingerprint density at radius 2 is 0.953 bits per heavy atom. The lowest BCUT2D eigenvalue weighted by Crippen LogP contribution is -1.95. The van der Waals surface area contributed by atoms with Crippen molar-refractivity contribution in [3.05, 3.63) is 207 Å². The van der Waals surface area contributed by atoms with Gasteiger partial charge in [0.1, 0.15) is 22.3 Å². The minimum atomic E-state index is 0.786. The average Bonchev–Trinajstić information content (AvgIpc) is 4.13. The number of nitrogens with zero attached hydrogens (tertiary/aromatic N) is 2. The summed E-state index contributed by atoms with van der Waals surface area (Å²) in [7, 11) is 0. The van der Waals surface area contributed by atoms with Crippen LogP contribution in [-0.4, -0.2) is 9.55 Å². The van der Waals surface area contributed by atoms with Gasteiger partial charge in [-0.05, 0) is 70.8 Å². The lowest BCUT2D eigenvalue weighted by Gasteiger charge is -2.17. The first-order chi connectivity index (χ1) is 31.8. The summed E-state index contributed by atoms with van der Waals surface area (Å²) in [4.78, 5) is 4.87. The fourth-order valence-corrected chi connectivity index (χ4v) is 10.3. The average molecular weight is 819 g/mol. The highest BCUT2D eigenvalue weighted by molar-refractivity contribution is 6.24. The van der Waals surface area contributed by atoms with Crippen molar-refractivity contribution < 1.29 is 13.3 Å². The van der Waals surface area contributed by atoms with E-state index in [1.807, 2.05) is 36.7 Å². The lowest BCUT2D eigenvalue weighted by molar-refractivity contribution is 0.665. The van der Waals surface area contributed by atoms with Gasteiger partial charge in [-0.15, -0.1) is 0 Å². The van der Waals surface area contributed by atoms with E-state index in [2.05, 4.69) is 174 Å². The first kappa shape index (κ1) is 35.0. The van der Waals surface area contributed by atoms with Gasteiger partial charge in [-0.1, -0.05) is 146 Å². The molecule has 5 heterocycles. The highest BCUT2D eigenvalue weighted by Gasteiger charge is 2.26. The van der Waals surface area contributed by atoms with E-state index in [4.69, 9.17) is 18.2 Å². The van der Waals surface area contributed by atoms with Crippen LogP contribution in [0.25, 0.3) is 138 Å². The Labute approximate surface area is 365 Å². The molecule has 0 fully saturated rings. The zero-order valence-corrected chi connectivity index (χ0v) is 34.2. The molecule has 0 radical (unpaired) electrons. The molecule has 0 amide bonds. The molecule has 5 aromatic heterocycles. The molecule has 5 heteroatoms. The van der Waals surface area contributed by atoms with Crippen LogP contribution in [0.2, 0.25) is 0 Å². The molecule has 0 saturated heterocycles. The second-order valence-electron chi connectivity index (χ2n) is 16.6.